The molecular formula is C16H24N2O2. The summed E-state index contributed by atoms with van der Waals surface area (Å²) in [5, 5.41) is 3.33. The second kappa shape index (κ2) is 7.41. The summed E-state index contributed by atoms with van der Waals surface area (Å²) in [6, 6.07) is 7.92. The molecule has 1 atom stereocenters. The Morgan fingerprint density at radius 2 is 2.00 bits per heavy atom. The van der Waals surface area contributed by atoms with Gasteiger partial charge < -0.3 is 10.1 Å². The molecule has 1 N–H and O–H groups in total. The number of hydrogen-bond donors (Lipinski definition) is 1. The smallest absolute Gasteiger partial charge is 0.328 e. The summed E-state index contributed by atoms with van der Waals surface area (Å²) in [6.07, 6.45) is 0.929. The minimum absolute atomic E-state index is 0.129. The Bertz CT molecular complexity index is 442. The highest BCUT2D eigenvalue weighted by atomic mass is 16.5. The molecule has 1 aliphatic rings. The van der Waals surface area contributed by atoms with Crippen LogP contribution in [0.2, 0.25) is 0 Å². The number of esters is 1. The molecule has 0 aliphatic carbocycles. The molecule has 110 valence electrons. The van der Waals surface area contributed by atoms with Crippen molar-refractivity contribution in [3.63, 3.8) is 0 Å². The Morgan fingerprint density at radius 3 is 2.65 bits per heavy atom. The standard InChI is InChI=1S/C16H24N2O2/c1-3-13-7-5-6-8-14(13)15(16(19)20-4-2)18-11-9-17-10-12-18/h5-8,15,17H,3-4,9-12H2,1-2H3. The van der Waals surface area contributed by atoms with Crippen molar-refractivity contribution in [3.05, 3.63) is 35.4 Å². The summed E-state index contributed by atoms with van der Waals surface area (Å²) in [5.74, 6) is -0.129. The lowest BCUT2D eigenvalue weighted by Gasteiger charge is -2.34. The van der Waals surface area contributed by atoms with E-state index in [0.29, 0.717) is 6.61 Å². The topological polar surface area (TPSA) is 41.6 Å². The molecule has 0 radical (unpaired) electrons. The van der Waals surface area contributed by atoms with Crippen molar-refractivity contribution in [3.8, 4) is 0 Å². The van der Waals surface area contributed by atoms with E-state index in [1.165, 1.54) is 5.56 Å². The van der Waals surface area contributed by atoms with Crippen molar-refractivity contribution in [2.75, 3.05) is 32.8 Å². The fraction of sp³-hybridized carbons (Fsp3) is 0.562. The molecule has 0 aromatic heterocycles. The van der Waals surface area contributed by atoms with Crippen molar-refractivity contribution in [2.24, 2.45) is 0 Å². The first kappa shape index (κ1) is 15.0. The second-order valence-electron chi connectivity index (χ2n) is 4.99. The van der Waals surface area contributed by atoms with Crippen molar-refractivity contribution in [1.29, 1.82) is 0 Å². The largest absolute Gasteiger partial charge is 0.465 e. The highest BCUT2D eigenvalue weighted by molar-refractivity contribution is 5.78. The molecule has 0 amide bonds. The average molecular weight is 276 g/mol. The van der Waals surface area contributed by atoms with Crippen LogP contribution in [0.3, 0.4) is 0 Å². The van der Waals surface area contributed by atoms with Crippen LogP contribution in [-0.2, 0) is 16.0 Å². The van der Waals surface area contributed by atoms with E-state index in [0.717, 1.165) is 38.2 Å². The number of nitrogens with one attached hydrogen (secondary N) is 1. The van der Waals surface area contributed by atoms with Gasteiger partial charge in [-0.1, -0.05) is 31.2 Å². The van der Waals surface area contributed by atoms with Crippen LogP contribution in [0, 0.1) is 0 Å². The van der Waals surface area contributed by atoms with Crippen LogP contribution in [0.5, 0.6) is 0 Å². The maximum atomic E-state index is 12.4. The van der Waals surface area contributed by atoms with Crippen LogP contribution < -0.4 is 5.32 Å². The first-order valence-corrected chi connectivity index (χ1v) is 7.47. The molecule has 0 spiro atoms. The van der Waals surface area contributed by atoms with Crippen LogP contribution in [0.15, 0.2) is 24.3 Å². The average Bonchev–Trinajstić information content (AvgIpc) is 2.49. The first-order chi connectivity index (χ1) is 9.77. The maximum absolute atomic E-state index is 12.4. The van der Waals surface area contributed by atoms with Gasteiger partial charge in [-0.15, -0.1) is 0 Å². The highest BCUT2D eigenvalue weighted by Crippen LogP contribution is 2.26. The molecule has 1 aromatic rings. The molecule has 0 saturated carbocycles. The van der Waals surface area contributed by atoms with Gasteiger partial charge >= 0.3 is 5.97 Å². The van der Waals surface area contributed by atoms with E-state index in [2.05, 4.69) is 29.3 Å². The van der Waals surface area contributed by atoms with E-state index in [1.54, 1.807) is 0 Å². The van der Waals surface area contributed by atoms with Crippen LogP contribution >= 0.6 is 0 Å². The van der Waals surface area contributed by atoms with Crippen molar-refractivity contribution in [2.45, 2.75) is 26.3 Å². The van der Waals surface area contributed by atoms with Gasteiger partial charge in [-0.2, -0.15) is 0 Å². The van der Waals surface area contributed by atoms with Gasteiger partial charge in [-0.25, -0.2) is 4.79 Å². The lowest BCUT2D eigenvalue weighted by atomic mass is 9.97. The number of ether oxygens (including phenoxy) is 1. The predicted molar refractivity (Wildman–Crippen MR) is 79.6 cm³/mol. The van der Waals surface area contributed by atoms with E-state index in [-0.39, 0.29) is 12.0 Å². The fourth-order valence-electron chi connectivity index (χ4n) is 2.76. The Labute approximate surface area is 121 Å². The lowest BCUT2D eigenvalue weighted by molar-refractivity contribution is -0.150. The SMILES string of the molecule is CCOC(=O)C(c1ccccc1CC)N1CCNCC1. The molecule has 0 bridgehead atoms. The first-order valence-electron chi connectivity index (χ1n) is 7.47. The van der Waals surface area contributed by atoms with Gasteiger partial charge in [-0.3, -0.25) is 4.90 Å². The third kappa shape index (κ3) is 3.38. The molecule has 1 fully saturated rings. The molecule has 1 heterocycles. The third-order valence-corrected chi connectivity index (χ3v) is 3.76. The summed E-state index contributed by atoms with van der Waals surface area (Å²) >= 11 is 0. The summed E-state index contributed by atoms with van der Waals surface area (Å²) in [6.45, 7) is 8.00. The van der Waals surface area contributed by atoms with Crippen molar-refractivity contribution >= 4 is 5.97 Å². The molecular weight excluding hydrogens is 252 g/mol. The number of rotatable bonds is 5. The summed E-state index contributed by atoms with van der Waals surface area (Å²) in [4.78, 5) is 14.7. The molecule has 1 unspecified atom stereocenters. The number of benzene rings is 1. The van der Waals surface area contributed by atoms with Gasteiger partial charge in [0.1, 0.15) is 6.04 Å². The third-order valence-electron chi connectivity index (χ3n) is 3.76. The van der Waals surface area contributed by atoms with E-state index >= 15 is 0 Å². The molecule has 2 rings (SSSR count). The van der Waals surface area contributed by atoms with Gasteiger partial charge in [-0.05, 0) is 24.5 Å². The molecule has 1 aliphatic heterocycles. The Morgan fingerprint density at radius 1 is 1.30 bits per heavy atom. The monoisotopic (exact) mass is 276 g/mol. The molecule has 4 nitrogen and oxygen atoms in total. The second-order valence-corrected chi connectivity index (χ2v) is 4.99. The minimum atomic E-state index is -0.270. The number of nitrogens with zero attached hydrogens (tertiary/aromatic N) is 1. The number of piperazine rings is 1. The Kier molecular flexibility index (Phi) is 5.56. The summed E-state index contributed by atoms with van der Waals surface area (Å²) in [5.41, 5.74) is 2.32. The van der Waals surface area contributed by atoms with Crippen LogP contribution in [0.1, 0.15) is 31.0 Å². The summed E-state index contributed by atoms with van der Waals surface area (Å²) < 4.78 is 5.31. The van der Waals surface area contributed by atoms with Gasteiger partial charge in [0.05, 0.1) is 6.61 Å². The van der Waals surface area contributed by atoms with Gasteiger partial charge in [0, 0.05) is 26.2 Å². The zero-order valence-corrected chi connectivity index (χ0v) is 12.4. The summed E-state index contributed by atoms with van der Waals surface area (Å²) in [7, 11) is 0. The highest BCUT2D eigenvalue weighted by Gasteiger charge is 2.31. The van der Waals surface area contributed by atoms with Gasteiger partial charge in [0.15, 0.2) is 0 Å². The normalized spacial score (nSPS) is 17.7. The number of carbonyl (C=O) groups excluding carboxylic acids is 1. The quantitative estimate of drug-likeness (QED) is 0.832. The number of aryl methyl sites for hydroxylation is 1. The molecule has 4 heteroatoms. The zero-order valence-electron chi connectivity index (χ0n) is 12.4. The minimum Gasteiger partial charge on any atom is -0.465 e. The lowest BCUT2D eigenvalue weighted by Crippen LogP contribution is -2.47. The van der Waals surface area contributed by atoms with E-state index in [4.69, 9.17) is 4.74 Å². The van der Waals surface area contributed by atoms with E-state index in [9.17, 15) is 4.79 Å². The van der Waals surface area contributed by atoms with E-state index < -0.39 is 0 Å². The molecule has 1 saturated heterocycles. The van der Waals surface area contributed by atoms with Crippen LogP contribution in [0.4, 0.5) is 0 Å². The fourth-order valence-corrected chi connectivity index (χ4v) is 2.76. The molecule has 20 heavy (non-hydrogen) atoms. The maximum Gasteiger partial charge on any atom is 0.328 e. The van der Waals surface area contributed by atoms with Gasteiger partial charge in [0.25, 0.3) is 0 Å². The number of hydrogen-bond acceptors (Lipinski definition) is 4. The Balaban J connectivity index is 2.31. The van der Waals surface area contributed by atoms with Crippen molar-refractivity contribution in [1.82, 2.24) is 10.2 Å². The predicted octanol–water partition coefficient (Wildman–Crippen LogP) is 1.76. The molecule has 1 aromatic carbocycles. The Hall–Kier alpha value is -1.39. The van der Waals surface area contributed by atoms with Crippen molar-refractivity contribution < 1.29 is 9.53 Å². The van der Waals surface area contributed by atoms with Crippen LogP contribution in [0.25, 0.3) is 0 Å². The number of carbonyl (C=O) groups is 1. The van der Waals surface area contributed by atoms with Crippen LogP contribution in [-0.4, -0.2) is 43.7 Å². The zero-order chi connectivity index (χ0) is 14.4. The van der Waals surface area contributed by atoms with E-state index in [1.807, 2.05) is 19.1 Å². The van der Waals surface area contributed by atoms with Gasteiger partial charge in [0.2, 0.25) is 0 Å².